The third-order valence-corrected chi connectivity index (χ3v) is 5.25. The molecule has 4 atom stereocenters. The van der Waals surface area contributed by atoms with Gasteiger partial charge in [0.25, 0.3) is 0 Å². The van der Waals surface area contributed by atoms with Crippen LogP contribution in [-0.4, -0.2) is 16.9 Å². The fourth-order valence-corrected chi connectivity index (χ4v) is 4.12. The van der Waals surface area contributed by atoms with Crippen LogP contribution in [-0.2, 0) is 4.79 Å². The maximum Gasteiger partial charge on any atom is 0.229 e. The Bertz CT molecular complexity index is 743. The van der Waals surface area contributed by atoms with E-state index in [0.29, 0.717) is 23.5 Å². The minimum Gasteiger partial charge on any atom is -0.439 e. The molecule has 1 aromatic carbocycles. The average molecular weight is 396 g/mol. The van der Waals surface area contributed by atoms with E-state index in [2.05, 4.69) is 10.3 Å². The van der Waals surface area contributed by atoms with Gasteiger partial charge in [0.05, 0.1) is 5.92 Å². The molecule has 2 aromatic rings. The summed E-state index contributed by atoms with van der Waals surface area (Å²) in [6.45, 7) is 0. The lowest BCUT2D eigenvalue weighted by atomic mass is 9.84. The van der Waals surface area contributed by atoms with Gasteiger partial charge in [-0.25, -0.2) is 4.98 Å². The van der Waals surface area contributed by atoms with Crippen molar-refractivity contribution >= 4 is 36.4 Å². The monoisotopic (exact) mass is 395 g/mol. The van der Waals surface area contributed by atoms with Crippen molar-refractivity contribution in [1.82, 2.24) is 4.98 Å². The highest BCUT2D eigenvalue weighted by molar-refractivity contribution is 5.93. The molecule has 2 fully saturated rings. The van der Waals surface area contributed by atoms with Crippen molar-refractivity contribution in [3.8, 4) is 11.6 Å². The van der Waals surface area contributed by atoms with Gasteiger partial charge in [-0.1, -0.05) is 12.1 Å². The van der Waals surface area contributed by atoms with E-state index in [1.165, 1.54) is 6.42 Å². The molecule has 2 aliphatic rings. The first-order chi connectivity index (χ1) is 11.7. The van der Waals surface area contributed by atoms with Crippen LogP contribution in [0.3, 0.4) is 0 Å². The van der Waals surface area contributed by atoms with Crippen molar-refractivity contribution in [2.75, 3.05) is 5.32 Å². The summed E-state index contributed by atoms with van der Waals surface area (Å²) in [5, 5.41) is 3.01. The van der Waals surface area contributed by atoms with E-state index in [4.69, 9.17) is 10.5 Å². The van der Waals surface area contributed by atoms with Gasteiger partial charge in [0.2, 0.25) is 11.8 Å². The van der Waals surface area contributed by atoms with Crippen molar-refractivity contribution < 1.29 is 9.53 Å². The second-order valence-corrected chi connectivity index (χ2v) is 6.72. The molecule has 5 nitrogen and oxygen atoms in total. The zero-order chi connectivity index (χ0) is 16.5. The molecule has 7 heteroatoms. The average Bonchev–Trinajstić information content (AvgIpc) is 3.17. The smallest absolute Gasteiger partial charge is 0.229 e. The van der Waals surface area contributed by atoms with Crippen molar-refractivity contribution in [3.63, 3.8) is 0 Å². The second kappa shape index (κ2) is 8.71. The molecule has 1 amide bonds. The quantitative estimate of drug-likeness (QED) is 0.818. The molecule has 2 bridgehead atoms. The molecule has 0 aliphatic heterocycles. The van der Waals surface area contributed by atoms with Crippen molar-refractivity contribution in [3.05, 3.63) is 48.7 Å². The number of amides is 1. The van der Waals surface area contributed by atoms with Crippen LogP contribution in [0.1, 0.15) is 19.3 Å². The summed E-state index contributed by atoms with van der Waals surface area (Å²) in [4.78, 5) is 16.8. The van der Waals surface area contributed by atoms with Crippen LogP contribution < -0.4 is 15.8 Å². The predicted molar refractivity (Wildman–Crippen MR) is 106 cm³/mol. The van der Waals surface area contributed by atoms with Gasteiger partial charge in [0.15, 0.2) is 0 Å². The first-order valence-corrected chi connectivity index (χ1v) is 8.46. The summed E-state index contributed by atoms with van der Waals surface area (Å²) >= 11 is 0. The van der Waals surface area contributed by atoms with Crippen LogP contribution in [0.15, 0.2) is 48.7 Å². The molecule has 1 heterocycles. The zero-order valence-corrected chi connectivity index (χ0v) is 15.8. The van der Waals surface area contributed by atoms with Crippen LogP contribution in [0, 0.1) is 17.8 Å². The topological polar surface area (TPSA) is 77.2 Å². The van der Waals surface area contributed by atoms with Gasteiger partial charge in [-0.2, -0.15) is 0 Å². The number of carbonyl (C=O) groups excluding carboxylic acids is 1. The van der Waals surface area contributed by atoms with Gasteiger partial charge in [-0.3, -0.25) is 4.79 Å². The van der Waals surface area contributed by atoms with Crippen LogP contribution >= 0.6 is 24.8 Å². The molecule has 140 valence electrons. The number of fused-ring (bicyclic) bond motifs is 2. The number of halogens is 2. The van der Waals surface area contributed by atoms with E-state index in [9.17, 15) is 4.79 Å². The summed E-state index contributed by atoms with van der Waals surface area (Å²) < 4.78 is 5.71. The number of carbonyl (C=O) groups is 1. The molecule has 1 aromatic heterocycles. The molecule has 0 radical (unpaired) electrons. The Hall–Kier alpha value is -1.82. The Morgan fingerprint density at radius 1 is 1.12 bits per heavy atom. The van der Waals surface area contributed by atoms with Crippen LogP contribution in [0.4, 0.5) is 5.69 Å². The standard InChI is InChI=1S/C19H21N3O2.2ClH/c20-18-13-8-7-12(10-13)17(18)19(23)22-14-4-3-5-15(11-14)24-16-6-1-2-9-21-16;;/h1-6,9,11-13,17-18H,7-8,10,20H2,(H,22,23);2*1H. The molecule has 4 rings (SSSR count). The van der Waals surface area contributed by atoms with Gasteiger partial charge in [0, 0.05) is 30.1 Å². The number of nitrogens with zero attached hydrogens (tertiary/aromatic N) is 1. The molecule has 3 N–H and O–H groups in total. The number of nitrogens with two attached hydrogens (primary N) is 1. The van der Waals surface area contributed by atoms with Gasteiger partial charge in [-0.15, -0.1) is 24.8 Å². The summed E-state index contributed by atoms with van der Waals surface area (Å²) in [5.74, 6) is 2.09. The van der Waals surface area contributed by atoms with Crippen molar-refractivity contribution in [2.24, 2.45) is 23.5 Å². The fourth-order valence-electron chi connectivity index (χ4n) is 4.12. The summed E-state index contributed by atoms with van der Waals surface area (Å²) in [6.07, 6.45) is 5.07. The number of pyridine rings is 1. The zero-order valence-electron chi connectivity index (χ0n) is 14.2. The SMILES string of the molecule is Cl.Cl.NC1C2CCC(C2)C1C(=O)Nc1cccc(Oc2ccccn2)c1. The lowest BCUT2D eigenvalue weighted by molar-refractivity contribution is -0.121. The molecular formula is C19H23Cl2N3O2. The highest BCUT2D eigenvalue weighted by atomic mass is 35.5. The first-order valence-electron chi connectivity index (χ1n) is 8.46. The number of benzene rings is 1. The number of hydrogen-bond acceptors (Lipinski definition) is 4. The fraction of sp³-hybridized carbons (Fsp3) is 0.368. The number of rotatable bonds is 4. The molecule has 2 aliphatic carbocycles. The predicted octanol–water partition coefficient (Wildman–Crippen LogP) is 4.03. The van der Waals surface area contributed by atoms with Gasteiger partial charge >= 0.3 is 0 Å². The van der Waals surface area contributed by atoms with Crippen LogP contribution in [0.2, 0.25) is 0 Å². The summed E-state index contributed by atoms with van der Waals surface area (Å²) in [7, 11) is 0. The van der Waals surface area contributed by atoms with E-state index in [1.807, 2.05) is 36.4 Å². The van der Waals surface area contributed by atoms with Crippen molar-refractivity contribution in [2.45, 2.75) is 25.3 Å². The Kier molecular flexibility index (Phi) is 6.87. The largest absolute Gasteiger partial charge is 0.439 e. The first kappa shape index (κ1) is 20.5. The Morgan fingerprint density at radius 3 is 2.62 bits per heavy atom. The Morgan fingerprint density at radius 2 is 1.92 bits per heavy atom. The maximum absolute atomic E-state index is 12.6. The minimum atomic E-state index is -0.0656. The summed E-state index contributed by atoms with van der Waals surface area (Å²) in [6, 6.07) is 12.9. The molecular weight excluding hydrogens is 373 g/mol. The molecule has 4 unspecified atom stereocenters. The van der Waals surface area contributed by atoms with E-state index >= 15 is 0 Å². The van der Waals surface area contributed by atoms with Gasteiger partial charge in [-0.05, 0) is 49.3 Å². The molecule has 26 heavy (non-hydrogen) atoms. The minimum absolute atomic E-state index is 0. The van der Waals surface area contributed by atoms with E-state index < -0.39 is 0 Å². The van der Waals surface area contributed by atoms with Gasteiger partial charge < -0.3 is 15.8 Å². The number of anilines is 1. The molecule has 0 spiro atoms. The lowest BCUT2D eigenvalue weighted by Gasteiger charge is -2.27. The van der Waals surface area contributed by atoms with Crippen molar-refractivity contribution in [1.29, 1.82) is 0 Å². The van der Waals surface area contributed by atoms with E-state index in [0.717, 1.165) is 18.5 Å². The Labute approximate surface area is 165 Å². The number of nitrogens with one attached hydrogen (secondary N) is 1. The third kappa shape index (κ3) is 4.11. The van der Waals surface area contributed by atoms with E-state index in [1.54, 1.807) is 12.3 Å². The highest BCUT2D eigenvalue weighted by Crippen LogP contribution is 2.47. The second-order valence-electron chi connectivity index (χ2n) is 6.72. The normalized spacial score (nSPS) is 25.7. The maximum atomic E-state index is 12.6. The summed E-state index contributed by atoms with van der Waals surface area (Å²) in [5.41, 5.74) is 6.98. The van der Waals surface area contributed by atoms with Crippen LogP contribution in [0.5, 0.6) is 11.6 Å². The molecule has 2 saturated carbocycles. The third-order valence-electron chi connectivity index (χ3n) is 5.25. The van der Waals surface area contributed by atoms with Crippen LogP contribution in [0.25, 0.3) is 0 Å². The Balaban J connectivity index is 0.00000121. The lowest BCUT2D eigenvalue weighted by Crippen LogP contribution is -2.42. The number of hydrogen-bond donors (Lipinski definition) is 2. The molecule has 0 saturated heterocycles. The number of ether oxygens (including phenoxy) is 1. The van der Waals surface area contributed by atoms with Gasteiger partial charge in [0.1, 0.15) is 5.75 Å². The van der Waals surface area contributed by atoms with E-state index in [-0.39, 0.29) is 42.7 Å². The highest BCUT2D eigenvalue weighted by Gasteiger charge is 2.49. The number of aromatic nitrogens is 1.